The fourth-order valence-electron chi connectivity index (χ4n) is 4.40. The lowest BCUT2D eigenvalue weighted by atomic mass is 10.0. The predicted molar refractivity (Wildman–Crippen MR) is 126 cm³/mol. The van der Waals surface area contributed by atoms with E-state index < -0.39 is 17.3 Å². The number of furan rings is 1. The Kier molecular flexibility index (Phi) is 6.23. The molecule has 0 aliphatic carbocycles. The first-order valence-corrected chi connectivity index (χ1v) is 11.1. The molecule has 2 aromatic heterocycles. The summed E-state index contributed by atoms with van der Waals surface area (Å²) in [7, 11) is 0. The summed E-state index contributed by atoms with van der Waals surface area (Å²) in [5.74, 6) is 1.82. The Morgan fingerprint density at radius 2 is 1.72 bits per heavy atom. The number of nitrogens with one attached hydrogen (secondary N) is 1. The lowest BCUT2D eigenvalue weighted by Crippen LogP contribution is -2.49. The monoisotopic (exact) mass is 437 g/mol. The van der Waals surface area contributed by atoms with Gasteiger partial charge in [-0.3, -0.25) is 19.2 Å². The first-order valence-electron chi connectivity index (χ1n) is 11.1. The molecular weight excluding hydrogens is 406 g/mol. The van der Waals surface area contributed by atoms with Gasteiger partial charge in [-0.15, -0.1) is 0 Å². The highest BCUT2D eigenvalue weighted by molar-refractivity contribution is 5.47. The normalized spacial score (nSPS) is 15.9. The molecule has 8 nitrogen and oxygen atoms in total. The van der Waals surface area contributed by atoms with Gasteiger partial charge in [0.1, 0.15) is 23.4 Å². The van der Waals surface area contributed by atoms with Gasteiger partial charge in [-0.1, -0.05) is 32.0 Å². The highest BCUT2D eigenvalue weighted by Crippen LogP contribution is 2.32. The number of para-hydroxylation sites is 1. The number of benzene rings is 1. The standard InChI is InChI=1S/C24H31N5O3/c1-16(2)15-29-22(25)20(23(30)26-24(29)31)21(19-10-9-17(3)32-19)28-13-11-27(12-14-28)18-7-5-4-6-8-18/h4-10,16,21H,11-15,25H2,1-3H3,(H,26,30,31)/t21-/m0/s1. The average molecular weight is 438 g/mol. The van der Waals surface area contributed by atoms with Crippen LogP contribution in [0.2, 0.25) is 0 Å². The Morgan fingerprint density at radius 1 is 1.03 bits per heavy atom. The van der Waals surface area contributed by atoms with Gasteiger partial charge in [-0.25, -0.2) is 4.79 Å². The van der Waals surface area contributed by atoms with Crippen molar-refractivity contribution in [3.8, 4) is 0 Å². The molecule has 1 fully saturated rings. The molecule has 1 saturated heterocycles. The third kappa shape index (κ3) is 4.36. The van der Waals surface area contributed by atoms with Crippen molar-refractivity contribution >= 4 is 11.5 Å². The Balaban J connectivity index is 1.72. The second-order valence-electron chi connectivity index (χ2n) is 8.77. The van der Waals surface area contributed by atoms with E-state index in [-0.39, 0.29) is 11.7 Å². The number of H-pyrrole nitrogens is 1. The van der Waals surface area contributed by atoms with Crippen molar-refractivity contribution in [3.63, 3.8) is 0 Å². The Bertz CT molecular complexity index is 1170. The van der Waals surface area contributed by atoms with Gasteiger partial charge in [0.15, 0.2) is 0 Å². The Labute approximate surface area is 187 Å². The van der Waals surface area contributed by atoms with Gasteiger partial charge in [-0.05, 0) is 37.1 Å². The molecule has 0 saturated carbocycles. The number of piperazine rings is 1. The van der Waals surface area contributed by atoms with Crippen molar-refractivity contribution in [1.82, 2.24) is 14.5 Å². The van der Waals surface area contributed by atoms with Gasteiger partial charge in [0, 0.05) is 38.4 Å². The van der Waals surface area contributed by atoms with E-state index in [4.69, 9.17) is 10.2 Å². The summed E-state index contributed by atoms with van der Waals surface area (Å²) in [4.78, 5) is 32.5. The molecule has 0 spiro atoms. The van der Waals surface area contributed by atoms with Gasteiger partial charge in [0.25, 0.3) is 5.56 Å². The Morgan fingerprint density at radius 3 is 2.31 bits per heavy atom. The summed E-state index contributed by atoms with van der Waals surface area (Å²) in [6, 6.07) is 13.6. The van der Waals surface area contributed by atoms with Crippen LogP contribution in [0.5, 0.6) is 0 Å². The largest absolute Gasteiger partial charge is 0.464 e. The number of hydrogen-bond donors (Lipinski definition) is 2. The third-order valence-electron chi connectivity index (χ3n) is 5.93. The van der Waals surface area contributed by atoms with E-state index in [9.17, 15) is 9.59 Å². The molecule has 3 N–H and O–H groups in total. The van der Waals surface area contributed by atoms with E-state index in [1.165, 1.54) is 10.3 Å². The molecule has 170 valence electrons. The van der Waals surface area contributed by atoms with E-state index in [1.807, 2.05) is 51.1 Å². The molecule has 0 amide bonds. The zero-order valence-corrected chi connectivity index (χ0v) is 18.9. The molecular formula is C24H31N5O3. The summed E-state index contributed by atoms with van der Waals surface area (Å²) < 4.78 is 7.44. The van der Waals surface area contributed by atoms with Gasteiger partial charge in [-0.2, -0.15) is 0 Å². The van der Waals surface area contributed by atoms with Crippen LogP contribution in [0.4, 0.5) is 11.5 Å². The molecule has 0 bridgehead atoms. The van der Waals surface area contributed by atoms with Gasteiger partial charge in [0.2, 0.25) is 0 Å². The summed E-state index contributed by atoms with van der Waals surface area (Å²) in [5.41, 5.74) is 7.08. The minimum absolute atomic E-state index is 0.201. The minimum atomic E-state index is -0.478. The number of aromatic amines is 1. The number of aromatic nitrogens is 2. The maximum Gasteiger partial charge on any atom is 0.329 e. The van der Waals surface area contributed by atoms with Crippen molar-refractivity contribution in [2.75, 3.05) is 36.8 Å². The topological polar surface area (TPSA) is 100 Å². The summed E-state index contributed by atoms with van der Waals surface area (Å²) >= 11 is 0. The van der Waals surface area contributed by atoms with Crippen LogP contribution in [0.1, 0.15) is 37.0 Å². The zero-order valence-electron chi connectivity index (χ0n) is 18.9. The van der Waals surface area contributed by atoms with Crippen LogP contribution in [0.3, 0.4) is 0 Å². The molecule has 32 heavy (non-hydrogen) atoms. The molecule has 1 aromatic carbocycles. The quantitative estimate of drug-likeness (QED) is 0.615. The second kappa shape index (κ2) is 9.08. The van der Waals surface area contributed by atoms with Crippen LogP contribution >= 0.6 is 0 Å². The molecule has 1 atom stereocenters. The zero-order chi connectivity index (χ0) is 22.8. The molecule has 0 unspecified atom stereocenters. The number of nitrogens with zero attached hydrogens (tertiary/aromatic N) is 3. The predicted octanol–water partition coefficient (Wildman–Crippen LogP) is 2.59. The van der Waals surface area contributed by atoms with Gasteiger partial charge in [0.05, 0.1) is 5.56 Å². The number of nitrogens with two attached hydrogens (primary N) is 1. The second-order valence-corrected chi connectivity index (χ2v) is 8.77. The Hall–Kier alpha value is -3.26. The van der Waals surface area contributed by atoms with Crippen LogP contribution in [-0.4, -0.2) is 40.6 Å². The van der Waals surface area contributed by atoms with Gasteiger partial charge >= 0.3 is 5.69 Å². The first-order chi connectivity index (χ1) is 15.3. The lowest BCUT2D eigenvalue weighted by Gasteiger charge is -2.39. The van der Waals surface area contributed by atoms with Crippen molar-refractivity contribution in [3.05, 3.63) is 80.4 Å². The smallest absolute Gasteiger partial charge is 0.329 e. The molecule has 8 heteroatoms. The van der Waals surface area contributed by atoms with Crippen molar-refractivity contribution in [2.45, 2.75) is 33.4 Å². The van der Waals surface area contributed by atoms with Crippen molar-refractivity contribution in [2.24, 2.45) is 5.92 Å². The first kappa shape index (κ1) is 22.0. The summed E-state index contributed by atoms with van der Waals surface area (Å²) in [5, 5.41) is 0. The molecule has 1 aliphatic heterocycles. The fraction of sp³-hybridized carbons (Fsp3) is 0.417. The number of hydrogen-bond acceptors (Lipinski definition) is 6. The maximum atomic E-state index is 13.0. The average Bonchev–Trinajstić information content (AvgIpc) is 3.20. The number of rotatable bonds is 6. The van der Waals surface area contributed by atoms with E-state index in [0.717, 1.165) is 31.9 Å². The van der Waals surface area contributed by atoms with E-state index in [2.05, 4.69) is 26.9 Å². The number of nitrogen functional groups attached to an aromatic ring is 1. The highest BCUT2D eigenvalue weighted by atomic mass is 16.3. The third-order valence-corrected chi connectivity index (χ3v) is 5.93. The minimum Gasteiger partial charge on any atom is -0.464 e. The van der Waals surface area contributed by atoms with Crippen molar-refractivity contribution < 1.29 is 4.42 Å². The lowest BCUT2D eigenvalue weighted by molar-refractivity contribution is 0.189. The molecule has 1 aliphatic rings. The molecule has 4 rings (SSSR count). The van der Waals surface area contributed by atoms with E-state index in [0.29, 0.717) is 17.9 Å². The van der Waals surface area contributed by atoms with E-state index in [1.54, 1.807) is 0 Å². The number of aryl methyl sites for hydroxylation is 1. The number of anilines is 2. The highest BCUT2D eigenvalue weighted by Gasteiger charge is 2.33. The van der Waals surface area contributed by atoms with E-state index >= 15 is 0 Å². The van der Waals surface area contributed by atoms with Crippen LogP contribution in [0, 0.1) is 12.8 Å². The molecule has 0 radical (unpaired) electrons. The molecule has 3 aromatic rings. The summed E-state index contributed by atoms with van der Waals surface area (Å²) in [6.07, 6.45) is 0. The van der Waals surface area contributed by atoms with Crippen LogP contribution < -0.4 is 21.9 Å². The van der Waals surface area contributed by atoms with Crippen LogP contribution in [0.25, 0.3) is 0 Å². The maximum absolute atomic E-state index is 13.0. The fourth-order valence-corrected chi connectivity index (χ4v) is 4.40. The SMILES string of the molecule is Cc1ccc([C@@H](c2c(N)n(CC(C)C)c(=O)[nH]c2=O)N2CCN(c3ccccc3)CC2)o1. The summed E-state index contributed by atoms with van der Waals surface area (Å²) in [6.45, 7) is 9.39. The van der Waals surface area contributed by atoms with Crippen LogP contribution in [0.15, 0.2) is 56.5 Å². The van der Waals surface area contributed by atoms with Crippen molar-refractivity contribution in [1.29, 1.82) is 0 Å². The van der Waals surface area contributed by atoms with Crippen LogP contribution in [-0.2, 0) is 6.54 Å². The molecule has 3 heterocycles. The van der Waals surface area contributed by atoms with Gasteiger partial charge < -0.3 is 15.1 Å².